The summed E-state index contributed by atoms with van der Waals surface area (Å²) in [6.07, 6.45) is 0. The first kappa shape index (κ1) is 33.5. The monoisotopic (exact) mass is 710 g/mol. The lowest BCUT2D eigenvalue weighted by Crippen LogP contribution is -2.57. The minimum absolute atomic E-state index is 0.00501. The Morgan fingerprint density at radius 3 is 1.29 bits per heavy atom. The van der Waals surface area contributed by atoms with Gasteiger partial charge in [0.05, 0.1) is 0 Å². The maximum Gasteiger partial charge on any atom is 0.260 e. The smallest absolute Gasteiger partial charge is 0.260 e. The second-order valence-electron chi connectivity index (χ2n) is 17.3. The highest BCUT2D eigenvalue weighted by Crippen LogP contribution is 2.45. The van der Waals surface area contributed by atoms with E-state index in [0.29, 0.717) is 0 Å². The fraction of sp³-hybridized carbons (Fsp3) is 0.154. The van der Waals surface area contributed by atoms with Gasteiger partial charge in [0.15, 0.2) is 0 Å². The standard InChI is InChI=1S/C52H43BO2/c1-51(2,3)36-23-25-42-44(30-36)54-46-28-35(29-47-50(46)53(42)43-26-24-37(52(4,5)6)31-45(43)55-47)33-17-14-18-34(27-33)49-40-21-12-10-19-38(40)48(32-15-8-7-9-16-32)39-20-11-13-22-41(39)49/h7-31H,1-6H3. The minimum Gasteiger partial charge on any atom is -0.458 e. The van der Waals surface area contributed by atoms with Gasteiger partial charge in [0.25, 0.3) is 6.71 Å². The first-order valence-electron chi connectivity index (χ1n) is 19.5. The number of fused-ring (bicyclic) bond motifs is 6. The van der Waals surface area contributed by atoms with Crippen LogP contribution in [0, 0.1) is 0 Å². The molecule has 0 fully saturated rings. The zero-order chi connectivity index (χ0) is 37.6. The topological polar surface area (TPSA) is 18.5 Å². The predicted octanol–water partition coefficient (Wildman–Crippen LogP) is 12.3. The molecule has 2 aliphatic heterocycles. The summed E-state index contributed by atoms with van der Waals surface area (Å²) in [6, 6.07) is 55.5. The van der Waals surface area contributed by atoms with Gasteiger partial charge in [-0.15, -0.1) is 0 Å². The van der Waals surface area contributed by atoms with Crippen molar-refractivity contribution in [1.29, 1.82) is 0 Å². The number of hydrogen-bond donors (Lipinski definition) is 0. The molecule has 0 saturated carbocycles. The van der Waals surface area contributed by atoms with Crippen LogP contribution in [0.25, 0.3) is 54.9 Å². The number of benzene rings is 8. The van der Waals surface area contributed by atoms with Crippen LogP contribution in [0.1, 0.15) is 52.7 Å². The molecule has 0 aliphatic carbocycles. The molecule has 0 radical (unpaired) electrons. The van der Waals surface area contributed by atoms with Crippen LogP contribution in [-0.4, -0.2) is 6.71 Å². The van der Waals surface area contributed by atoms with Crippen LogP contribution in [0.5, 0.6) is 23.0 Å². The second kappa shape index (κ2) is 12.2. The summed E-state index contributed by atoms with van der Waals surface area (Å²) in [5.41, 5.74) is 13.1. The molecule has 0 spiro atoms. The lowest BCUT2D eigenvalue weighted by atomic mass is 9.34. The van der Waals surface area contributed by atoms with Gasteiger partial charge >= 0.3 is 0 Å². The average molecular weight is 711 g/mol. The van der Waals surface area contributed by atoms with Crippen molar-refractivity contribution in [1.82, 2.24) is 0 Å². The van der Waals surface area contributed by atoms with Crippen molar-refractivity contribution in [2.75, 3.05) is 0 Å². The van der Waals surface area contributed by atoms with Gasteiger partial charge in [0.1, 0.15) is 23.0 Å². The fourth-order valence-electron chi connectivity index (χ4n) is 8.80. The van der Waals surface area contributed by atoms with Crippen molar-refractivity contribution in [3.05, 3.63) is 163 Å². The summed E-state index contributed by atoms with van der Waals surface area (Å²) in [5.74, 6) is 3.56. The Bertz CT molecular complexity index is 2690. The van der Waals surface area contributed by atoms with Crippen molar-refractivity contribution >= 4 is 44.6 Å². The highest BCUT2D eigenvalue weighted by Gasteiger charge is 2.41. The summed E-state index contributed by atoms with van der Waals surface area (Å²) in [7, 11) is 0. The Labute approximate surface area is 324 Å². The lowest BCUT2D eigenvalue weighted by molar-refractivity contribution is 0.461. The molecule has 0 saturated heterocycles. The van der Waals surface area contributed by atoms with Crippen LogP contribution < -0.4 is 25.9 Å². The van der Waals surface area contributed by atoms with E-state index in [2.05, 4.69) is 193 Å². The van der Waals surface area contributed by atoms with Gasteiger partial charge in [0, 0.05) is 5.46 Å². The van der Waals surface area contributed by atoms with E-state index in [1.54, 1.807) is 0 Å². The summed E-state index contributed by atoms with van der Waals surface area (Å²) in [5, 5.41) is 4.98. The molecule has 0 unspecified atom stereocenters. The molecular formula is C52H43BO2. The molecule has 0 N–H and O–H groups in total. The minimum atomic E-state index is -0.00501. The maximum absolute atomic E-state index is 6.92. The number of rotatable bonds is 3. The molecule has 266 valence electrons. The first-order chi connectivity index (χ1) is 26.5. The van der Waals surface area contributed by atoms with Gasteiger partial charge in [-0.05, 0) is 118 Å². The van der Waals surface area contributed by atoms with Crippen LogP contribution in [0.4, 0.5) is 0 Å². The van der Waals surface area contributed by atoms with E-state index >= 15 is 0 Å². The Balaban J connectivity index is 1.17. The van der Waals surface area contributed by atoms with E-state index in [4.69, 9.17) is 9.47 Å². The Morgan fingerprint density at radius 1 is 0.364 bits per heavy atom. The van der Waals surface area contributed by atoms with Gasteiger partial charge in [-0.1, -0.05) is 163 Å². The molecule has 2 aliphatic rings. The molecule has 55 heavy (non-hydrogen) atoms. The third kappa shape index (κ3) is 5.48. The normalized spacial score (nSPS) is 13.2. The molecule has 10 rings (SSSR count). The number of ether oxygens (including phenoxy) is 2. The number of hydrogen-bond acceptors (Lipinski definition) is 2. The SMILES string of the molecule is CC(C)(C)c1ccc2c(c1)Oc1cc(-c3cccc(-c4c5ccccc5c(-c5ccccc5)c5ccccc45)c3)cc3c1B2c1ccc(C(C)(C)C)cc1O3. The predicted molar refractivity (Wildman–Crippen MR) is 233 cm³/mol. The average Bonchev–Trinajstić information content (AvgIpc) is 3.18. The largest absolute Gasteiger partial charge is 0.458 e. The lowest BCUT2D eigenvalue weighted by Gasteiger charge is -2.35. The van der Waals surface area contributed by atoms with Gasteiger partial charge < -0.3 is 9.47 Å². The highest BCUT2D eigenvalue weighted by molar-refractivity contribution is 6.98. The van der Waals surface area contributed by atoms with Crippen molar-refractivity contribution in [3.8, 4) is 56.4 Å². The molecule has 2 nitrogen and oxygen atoms in total. The van der Waals surface area contributed by atoms with Crippen LogP contribution in [0.3, 0.4) is 0 Å². The summed E-state index contributed by atoms with van der Waals surface area (Å²) < 4.78 is 13.8. The summed E-state index contributed by atoms with van der Waals surface area (Å²) >= 11 is 0. The zero-order valence-electron chi connectivity index (χ0n) is 32.3. The molecule has 0 atom stereocenters. The van der Waals surface area contributed by atoms with Crippen LogP contribution >= 0.6 is 0 Å². The quantitative estimate of drug-likeness (QED) is 0.134. The second-order valence-corrected chi connectivity index (χ2v) is 17.3. The molecule has 0 bridgehead atoms. The van der Waals surface area contributed by atoms with Crippen molar-refractivity contribution in [3.63, 3.8) is 0 Å². The molecule has 8 aromatic rings. The third-order valence-electron chi connectivity index (χ3n) is 11.7. The molecular weight excluding hydrogens is 667 g/mol. The van der Waals surface area contributed by atoms with Gasteiger partial charge in [-0.2, -0.15) is 0 Å². The van der Waals surface area contributed by atoms with E-state index in [-0.39, 0.29) is 17.5 Å². The van der Waals surface area contributed by atoms with Crippen molar-refractivity contribution in [2.24, 2.45) is 0 Å². The van der Waals surface area contributed by atoms with E-state index in [9.17, 15) is 0 Å². The van der Waals surface area contributed by atoms with Gasteiger partial charge in [-0.25, -0.2) is 0 Å². The van der Waals surface area contributed by atoms with Crippen molar-refractivity contribution in [2.45, 2.75) is 52.4 Å². The molecule has 2 heterocycles. The Morgan fingerprint density at radius 2 is 0.800 bits per heavy atom. The Hall–Kier alpha value is -6.06. The van der Waals surface area contributed by atoms with Crippen LogP contribution in [0.2, 0.25) is 0 Å². The van der Waals surface area contributed by atoms with E-state index in [0.717, 1.165) is 39.6 Å². The van der Waals surface area contributed by atoms with Crippen molar-refractivity contribution < 1.29 is 9.47 Å². The van der Waals surface area contributed by atoms with Gasteiger partial charge in [0.2, 0.25) is 0 Å². The molecule has 3 heteroatoms. The highest BCUT2D eigenvalue weighted by atomic mass is 16.5. The Kier molecular flexibility index (Phi) is 7.45. The maximum atomic E-state index is 6.92. The zero-order valence-corrected chi connectivity index (χ0v) is 32.3. The summed E-state index contributed by atoms with van der Waals surface area (Å²) in [6.45, 7) is 13.6. The van der Waals surface area contributed by atoms with E-state index in [1.165, 1.54) is 65.9 Å². The first-order valence-corrected chi connectivity index (χ1v) is 19.5. The molecule has 8 aromatic carbocycles. The van der Waals surface area contributed by atoms with E-state index in [1.807, 2.05) is 0 Å². The van der Waals surface area contributed by atoms with Crippen LogP contribution in [0.15, 0.2) is 152 Å². The summed E-state index contributed by atoms with van der Waals surface area (Å²) in [4.78, 5) is 0. The molecule has 0 amide bonds. The third-order valence-corrected chi connectivity index (χ3v) is 11.7. The van der Waals surface area contributed by atoms with Gasteiger partial charge in [-0.3, -0.25) is 0 Å². The van der Waals surface area contributed by atoms with E-state index < -0.39 is 0 Å². The molecule has 0 aromatic heterocycles. The fourth-order valence-corrected chi connectivity index (χ4v) is 8.80. The van der Waals surface area contributed by atoms with Crippen LogP contribution in [-0.2, 0) is 10.8 Å².